The lowest BCUT2D eigenvalue weighted by molar-refractivity contribution is -0.252. The molecule has 0 aromatic carbocycles. The topological polar surface area (TPSA) is 42.4 Å². The molecule has 0 aliphatic heterocycles. The number of aryl methyl sites for hydroxylation is 1. The monoisotopic (exact) mass is 145 g/mol. The first-order chi connectivity index (χ1) is 4.33. The van der Waals surface area contributed by atoms with Crippen molar-refractivity contribution >= 4 is 11.3 Å². The van der Waals surface area contributed by atoms with Crippen LogP contribution in [0.4, 0.5) is 0 Å². The van der Waals surface area contributed by atoms with Crippen LogP contribution in [0.3, 0.4) is 0 Å². The number of hydrogen-bond donors (Lipinski definition) is 1. The summed E-state index contributed by atoms with van der Waals surface area (Å²) in [5.74, 6) is 0. The maximum atomic E-state index is 8.00. The Bertz CT molecular complexity index is 187. The van der Waals surface area contributed by atoms with Crippen LogP contribution in [0, 0.1) is 6.92 Å². The van der Waals surface area contributed by atoms with E-state index in [2.05, 4.69) is 9.87 Å². The van der Waals surface area contributed by atoms with Gasteiger partial charge in [0.1, 0.15) is 11.6 Å². The Kier molecular flexibility index (Phi) is 2.16. The van der Waals surface area contributed by atoms with E-state index in [1.54, 1.807) is 6.20 Å². The Labute approximate surface area is 56.9 Å². The van der Waals surface area contributed by atoms with E-state index in [4.69, 9.17) is 5.26 Å². The van der Waals surface area contributed by atoms with E-state index in [-0.39, 0.29) is 6.61 Å². The third kappa shape index (κ3) is 1.74. The molecule has 0 bridgehead atoms. The van der Waals surface area contributed by atoms with E-state index in [9.17, 15) is 0 Å². The molecule has 0 unspecified atom stereocenters. The van der Waals surface area contributed by atoms with Crippen LogP contribution in [0.5, 0.6) is 0 Å². The van der Waals surface area contributed by atoms with Crippen LogP contribution in [-0.4, -0.2) is 10.2 Å². The van der Waals surface area contributed by atoms with Crippen molar-refractivity contribution in [2.24, 2.45) is 0 Å². The fraction of sp³-hybridized carbons (Fsp3) is 0.400. The van der Waals surface area contributed by atoms with Gasteiger partial charge in [-0.05, 0) is 6.92 Å². The van der Waals surface area contributed by atoms with Gasteiger partial charge in [0.15, 0.2) is 0 Å². The lowest BCUT2D eigenvalue weighted by Crippen LogP contribution is -1.83. The molecule has 0 fully saturated rings. The number of rotatable bonds is 2. The van der Waals surface area contributed by atoms with Gasteiger partial charge in [-0.25, -0.2) is 9.87 Å². The van der Waals surface area contributed by atoms with Gasteiger partial charge in [0, 0.05) is 11.1 Å². The highest BCUT2D eigenvalue weighted by Gasteiger charge is 1.95. The molecule has 4 heteroatoms. The minimum Gasteiger partial charge on any atom is -0.251 e. The van der Waals surface area contributed by atoms with Crippen LogP contribution >= 0.6 is 11.3 Å². The van der Waals surface area contributed by atoms with Crippen molar-refractivity contribution in [2.75, 3.05) is 0 Å². The summed E-state index contributed by atoms with van der Waals surface area (Å²) in [5.41, 5.74) is 0. The van der Waals surface area contributed by atoms with Crippen LogP contribution < -0.4 is 0 Å². The fourth-order valence-corrected chi connectivity index (χ4v) is 1.22. The molecule has 0 saturated heterocycles. The van der Waals surface area contributed by atoms with Crippen LogP contribution in [0.1, 0.15) is 9.88 Å². The van der Waals surface area contributed by atoms with Crippen LogP contribution in [-0.2, 0) is 11.5 Å². The van der Waals surface area contributed by atoms with Gasteiger partial charge in [0.05, 0.1) is 0 Å². The highest BCUT2D eigenvalue weighted by molar-refractivity contribution is 7.11. The highest BCUT2D eigenvalue weighted by atomic mass is 32.1. The van der Waals surface area contributed by atoms with Gasteiger partial charge >= 0.3 is 0 Å². The van der Waals surface area contributed by atoms with Crippen molar-refractivity contribution in [3.63, 3.8) is 0 Å². The normalized spacial score (nSPS) is 10.0. The first-order valence-corrected chi connectivity index (χ1v) is 3.32. The molecule has 1 N–H and O–H groups in total. The molecule has 0 radical (unpaired) electrons. The molecular weight excluding hydrogens is 138 g/mol. The van der Waals surface area contributed by atoms with Crippen molar-refractivity contribution < 1.29 is 10.1 Å². The van der Waals surface area contributed by atoms with E-state index in [0.29, 0.717) is 0 Å². The van der Waals surface area contributed by atoms with Crippen molar-refractivity contribution in [2.45, 2.75) is 13.5 Å². The minimum atomic E-state index is 0.193. The number of nitrogens with zero attached hydrogens (tertiary/aromatic N) is 1. The largest absolute Gasteiger partial charge is 0.251 e. The molecule has 1 aromatic heterocycles. The summed E-state index contributed by atoms with van der Waals surface area (Å²) in [4.78, 5) is 8.96. The van der Waals surface area contributed by atoms with Gasteiger partial charge in [0.25, 0.3) is 0 Å². The molecule has 0 spiro atoms. The van der Waals surface area contributed by atoms with E-state index in [0.717, 1.165) is 9.88 Å². The summed E-state index contributed by atoms with van der Waals surface area (Å²) < 4.78 is 0. The number of thiazole rings is 1. The highest BCUT2D eigenvalue weighted by Crippen LogP contribution is 2.10. The van der Waals surface area contributed by atoms with Crippen LogP contribution in [0.25, 0.3) is 0 Å². The first kappa shape index (κ1) is 6.67. The molecule has 0 amide bonds. The van der Waals surface area contributed by atoms with Crippen molar-refractivity contribution in [1.29, 1.82) is 0 Å². The van der Waals surface area contributed by atoms with Gasteiger partial charge in [0.2, 0.25) is 0 Å². The Balaban J connectivity index is 2.61. The third-order valence-corrected chi connectivity index (χ3v) is 1.74. The summed E-state index contributed by atoms with van der Waals surface area (Å²) in [6.07, 6.45) is 1.75. The zero-order valence-electron chi connectivity index (χ0n) is 5.00. The van der Waals surface area contributed by atoms with Crippen molar-refractivity contribution in [3.8, 4) is 0 Å². The van der Waals surface area contributed by atoms with Gasteiger partial charge in [-0.15, -0.1) is 11.3 Å². The molecule has 0 saturated carbocycles. The Hall–Kier alpha value is -0.450. The van der Waals surface area contributed by atoms with Crippen LogP contribution in [0.15, 0.2) is 6.20 Å². The molecule has 0 aliphatic carbocycles. The van der Waals surface area contributed by atoms with Gasteiger partial charge in [-0.1, -0.05) is 0 Å². The van der Waals surface area contributed by atoms with Crippen LogP contribution in [0.2, 0.25) is 0 Å². The predicted octanol–water partition coefficient (Wildman–Crippen LogP) is 1.44. The first-order valence-electron chi connectivity index (χ1n) is 2.50. The second kappa shape index (κ2) is 2.91. The molecule has 3 nitrogen and oxygen atoms in total. The second-order valence-electron chi connectivity index (χ2n) is 1.64. The van der Waals surface area contributed by atoms with E-state index in [1.807, 2.05) is 6.92 Å². The molecule has 9 heavy (non-hydrogen) atoms. The quantitative estimate of drug-likeness (QED) is 0.505. The third-order valence-electron chi connectivity index (χ3n) is 0.857. The number of hydrogen-bond acceptors (Lipinski definition) is 4. The summed E-state index contributed by atoms with van der Waals surface area (Å²) in [6, 6.07) is 0. The summed E-state index contributed by atoms with van der Waals surface area (Å²) in [5, 5.41) is 8.80. The Morgan fingerprint density at radius 2 is 2.67 bits per heavy atom. The molecule has 1 heterocycles. The van der Waals surface area contributed by atoms with Gasteiger partial charge in [-0.2, -0.15) is 0 Å². The van der Waals surface area contributed by atoms with Gasteiger partial charge < -0.3 is 0 Å². The summed E-state index contributed by atoms with van der Waals surface area (Å²) in [7, 11) is 0. The lowest BCUT2D eigenvalue weighted by Gasteiger charge is -1.85. The molecule has 0 atom stereocenters. The lowest BCUT2D eigenvalue weighted by atomic mass is 10.6. The maximum Gasteiger partial charge on any atom is 0.134 e. The Morgan fingerprint density at radius 1 is 1.89 bits per heavy atom. The molecule has 50 valence electrons. The minimum absolute atomic E-state index is 0.193. The zero-order valence-corrected chi connectivity index (χ0v) is 5.81. The standard InChI is InChI=1S/C5H7NO2S/c1-4-2-6-5(9-4)3-8-7/h2,7H,3H2,1H3. The van der Waals surface area contributed by atoms with E-state index in [1.165, 1.54) is 11.3 Å². The molecular formula is C5H7NO2S. The van der Waals surface area contributed by atoms with E-state index < -0.39 is 0 Å². The van der Waals surface area contributed by atoms with Crippen molar-refractivity contribution in [3.05, 3.63) is 16.1 Å². The summed E-state index contributed by atoms with van der Waals surface area (Å²) in [6.45, 7) is 2.15. The second-order valence-corrected chi connectivity index (χ2v) is 2.96. The smallest absolute Gasteiger partial charge is 0.134 e. The average Bonchev–Trinajstić information content (AvgIpc) is 2.17. The Morgan fingerprint density at radius 3 is 3.11 bits per heavy atom. The molecule has 1 aromatic rings. The molecule has 0 aliphatic rings. The fourth-order valence-electron chi connectivity index (χ4n) is 0.523. The molecule has 1 rings (SSSR count). The predicted molar refractivity (Wildman–Crippen MR) is 34.3 cm³/mol. The number of aromatic nitrogens is 1. The van der Waals surface area contributed by atoms with Crippen molar-refractivity contribution in [1.82, 2.24) is 4.98 Å². The zero-order chi connectivity index (χ0) is 6.69. The summed E-state index contributed by atoms with van der Waals surface area (Å²) >= 11 is 1.52. The average molecular weight is 145 g/mol. The van der Waals surface area contributed by atoms with Gasteiger partial charge in [-0.3, -0.25) is 5.26 Å². The maximum absolute atomic E-state index is 8.00. The van der Waals surface area contributed by atoms with E-state index >= 15 is 0 Å². The SMILES string of the molecule is Cc1cnc(COO)s1.